The zero-order valence-electron chi connectivity index (χ0n) is 24.3. The SMILES string of the molecule is COc1ccc(S(=O)(=O)N(Cc2ccc3c(c2)OCO3)[C@H](CCC(=O)N2CCN(Cc3ccncc3)CC2)C(=O)NO)cc1. The Kier molecular flexibility index (Phi) is 9.95. The van der Waals surface area contributed by atoms with Gasteiger partial charge in [-0.2, -0.15) is 4.31 Å². The number of methoxy groups -OCH3 is 1. The van der Waals surface area contributed by atoms with Crippen molar-refractivity contribution in [2.24, 2.45) is 0 Å². The molecular formula is C30H35N5O8S. The van der Waals surface area contributed by atoms with Crippen LogP contribution in [0.3, 0.4) is 0 Å². The maximum Gasteiger partial charge on any atom is 0.261 e. The molecule has 3 aromatic rings. The molecule has 2 aliphatic rings. The number of ether oxygens (including phenoxy) is 3. The number of nitrogens with one attached hydrogen (secondary N) is 1. The second-order valence-electron chi connectivity index (χ2n) is 10.5. The van der Waals surface area contributed by atoms with Crippen LogP contribution in [0.2, 0.25) is 0 Å². The van der Waals surface area contributed by atoms with Crippen LogP contribution < -0.4 is 19.7 Å². The largest absolute Gasteiger partial charge is 0.497 e. The van der Waals surface area contributed by atoms with Gasteiger partial charge in [0.15, 0.2) is 11.5 Å². The molecule has 0 saturated carbocycles. The average Bonchev–Trinajstić information content (AvgIpc) is 3.53. The van der Waals surface area contributed by atoms with Crippen LogP contribution in [0.4, 0.5) is 0 Å². The first kappa shape index (κ1) is 31.2. The molecule has 0 aliphatic carbocycles. The number of rotatable bonds is 12. The number of benzene rings is 2. The molecule has 1 fully saturated rings. The van der Waals surface area contributed by atoms with Crippen molar-refractivity contribution in [2.45, 2.75) is 36.9 Å². The Hall–Kier alpha value is -4.24. The number of hydrogen-bond acceptors (Lipinski definition) is 10. The monoisotopic (exact) mass is 625 g/mol. The minimum atomic E-state index is -4.30. The van der Waals surface area contributed by atoms with Crippen LogP contribution in [0, 0.1) is 0 Å². The predicted molar refractivity (Wildman–Crippen MR) is 157 cm³/mol. The topological polar surface area (TPSA) is 151 Å². The molecule has 1 aromatic heterocycles. The van der Waals surface area contributed by atoms with Gasteiger partial charge in [0.05, 0.1) is 12.0 Å². The zero-order valence-corrected chi connectivity index (χ0v) is 25.1. The molecule has 2 amide bonds. The molecule has 1 atom stereocenters. The van der Waals surface area contributed by atoms with Gasteiger partial charge in [0, 0.05) is 58.1 Å². The lowest BCUT2D eigenvalue weighted by molar-refractivity contribution is -0.135. The van der Waals surface area contributed by atoms with E-state index in [-0.39, 0.29) is 37.0 Å². The van der Waals surface area contributed by atoms with Gasteiger partial charge in [0.2, 0.25) is 22.7 Å². The van der Waals surface area contributed by atoms with Crippen molar-refractivity contribution in [3.63, 3.8) is 0 Å². The number of nitrogens with zero attached hydrogens (tertiary/aromatic N) is 4. The second kappa shape index (κ2) is 14.0. The van der Waals surface area contributed by atoms with Crippen molar-refractivity contribution in [2.75, 3.05) is 40.1 Å². The van der Waals surface area contributed by atoms with E-state index in [4.69, 9.17) is 14.2 Å². The summed E-state index contributed by atoms with van der Waals surface area (Å²) >= 11 is 0. The maximum atomic E-state index is 14.0. The third-order valence-corrected chi connectivity index (χ3v) is 9.58. The third kappa shape index (κ3) is 7.27. The number of carbonyl (C=O) groups is 2. The summed E-state index contributed by atoms with van der Waals surface area (Å²) < 4.78 is 45.0. The van der Waals surface area contributed by atoms with E-state index in [0.29, 0.717) is 49.0 Å². The van der Waals surface area contributed by atoms with E-state index in [1.807, 2.05) is 12.1 Å². The average molecular weight is 626 g/mol. The quantitative estimate of drug-likeness (QED) is 0.226. The molecule has 14 heteroatoms. The molecule has 0 spiro atoms. The number of hydrogen-bond donors (Lipinski definition) is 2. The van der Waals surface area contributed by atoms with E-state index in [1.54, 1.807) is 41.0 Å². The van der Waals surface area contributed by atoms with E-state index in [9.17, 15) is 23.2 Å². The van der Waals surface area contributed by atoms with Crippen LogP contribution in [0.5, 0.6) is 17.2 Å². The fourth-order valence-electron chi connectivity index (χ4n) is 5.27. The number of piperazine rings is 1. The lowest BCUT2D eigenvalue weighted by Crippen LogP contribution is -2.50. The second-order valence-corrected chi connectivity index (χ2v) is 12.3. The molecule has 3 heterocycles. The van der Waals surface area contributed by atoms with Crippen molar-refractivity contribution >= 4 is 21.8 Å². The molecule has 5 rings (SSSR count). The summed E-state index contributed by atoms with van der Waals surface area (Å²) in [6.45, 7) is 2.93. The Balaban J connectivity index is 1.33. The molecular weight excluding hydrogens is 590 g/mol. The van der Waals surface area contributed by atoms with Crippen molar-refractivity contribution in [1.82, 2.24) is 24.6 Å². The summed E-state index contributed by atoms with van der Waals surface area (Å²) in [6.07, 6.45) is 3.25. The highest BCUT2D eigenvalue weighted by molar-refractivity contribution is 7.89. The van der Waals surface area contributed by atoms with Gasteiger partial charge in [-0.15, -0.1) is 0 Å². The fourth-order valence-corrected chi connectivity index (χ4v) is 6.87. The predicted octanol–water partition coefficient (Wildman–Crippen LogP) is 2.01. The molecule has 0 radical (unpaired) electrons. The highest BCUT2D eigenvalue weighted by Crippen LogP contribution is 2.34. The maximum absolute atomic E-state index is 14.0. The van der Waals surface area contributed by atoms with Crippen LogP contribution in [-0.2, 0) is 32.7 Å². The summed E-state index contributed by atoms with van der Waals surface area (Å²) in [5, 5.41) is 9.64. The minimum Gasteiger partial charge on any atom is -0.497 e. The normalized spacial score (nSPS) is 15.7. The van der Waals surface area contributed by atoms with E-state index in [2.05, 4.69) is 9.88 Å². The smallest absolute Gasteiger partial charge is 0.261 e. The summed E-state index contributed by atoms with van der Waals surface area (Å²) in [5.74, 6) is 0.287. The Labute approximate surface area is 255 Å². The number of aromatic nitrogens is 1. The molecule has 44 heavy (non-hydrogen) atoms. The van der Waals surface area contributed by atoms with E-state index in [0.717, 1.165) is 16.4 Å². The number of hydroxylamine groups is 1. The first-order valence-electron chi connectivity index (χ1n) is 14.2. The number of amides is 2. The Morgan fingerprint density at radius 2 is 1.70 bits per heavy atom. The van der Waals surface area contributed by atoms with Gasteiger partial charge >= 0.3 is 0 Å². The van der Waals surface area contributed by atoms with Crippen molar-refractivity contribution in [1.29, 1.82) is 0 Å². The van der Waals surface area contributed by atoms with Gasteiger partial charge in [0.25, 0.3) is 5.91 Å². The van der Waals surface area contributed by atoms with E-state index < -0.39 is 22.0 Å². The Morgan fingerprint density at radius 1 is 1.00 bits per heavy atom. The lowest BCUT2D eigenvalue weighted by atomic mass is 10.1. The summed E-state index contributed by atoms with van der Waals surface area (Å²) in [5.41, 5.74) is 3.27. The van der Waals surface area contributed by atoms with Crippen molar-refractivity contribution in [3.8, 4) is 17.2 Å². The van der Waals surface area contributed by atoms with Crippen LogP contribution in [0.25, 0.3) is 0 Å². The first-order valence-corrected chi connectivity index (χ1v) is 15.6. The third-order valence-electron chi connectivity index (χ3n) is 7.71. The zero-order chi connectivity index (χ0) is 31.1. The van der Waals surface area contributed by atoms with Crippen LogP contribution in [0.1, 0.15) is 24.0 Å². The van der Waals surface area contributed by atoms with Gasteiger partial charge in [-0.25, -0.2) is 13.9 Å². The van der Waals surface area contributed by atoms with Gasteiger partial charge < -0.3 is 19.1 Å². The van der Waals surface area contributed by atoms with Crippen LogP contribution >= 0.6 is 0 Å². The molecule has 234 valence electrons. The highest BCUT2D eigenvalue weighted by atomic mass is 32.2. The van der Waals surface area contributed by atoms with Gasteiger partial charge in [-0.05, 0) is 66.1 Å². The Bertz CT molecular complexity index is 1550. The number of pyridine rings is 1. The Morgan fingerprint density at radius 3 is 2.39 bits per heavy atom. The van der Waals surface area contributed by atoms with E-state index in [1.165, 1.54) is 31.4 Å². The number of sulfonamides is 1. The fraction of sp³-hybridized carbons (Fsp3) is 0.367. The standard InChI is InChI=1S/C30H35N5O8S/c1-41-24-3-5-25(6-4-24)44(39,40)35(20-23-2-8-27-28(18-23)43-21-42-27)26(30(37)32-38)7-9-29(36)34-16-14-33(15-17-34)19-22-10-12-31-13-11-22/h2-6,8,10-13,18,26,38H,7,9,14-17,19-21H2,1H3,(H,32,37)/t26-/m1/s1. The van der Waals surface area contributed by atoms with Crippen LogP contribution in [0.15, 0.2) is 71.9 Å². The number of fused-ring (bicyclic) bond motifs is 1. The minimum absolute atomic E-state index is 0.0439. The van der Waals surface area contributed by atoms with Gasteiger partial charge in [0.1, 0.15) is 11.8 Å². The summed E-state index contributed by atoms with van der Waals surface area (Å²) in [4.78, 5) is 34.2. The summed E-state index contributed by atoms with van der Waals surface area (Å²) in [6, 6.07) is 13.3. The molecule has 2 aromatic carbocycles. The molecule has 2 N–H and O–H groups in total. The first-order chi connectivity index (χ1) is 21.3. The van der Waals surface area contributed by atoms with Crippen LogP contribution in [-0.4, -0.2) is 90.7 Å². The van der Waals surface area contributed by atoms with E-state index >= 15 is 0 Å². The van der Waals surface area contributed by atoms with Gasteiger partial charge in [-0.3, -0.25) is 24.7 Å². The lowest BCUT2D eigenvalue weighted by Gasteiger charge is -2.35. The van der Waals surface area contributed by atoms with Crippen molar-refractivity contribution in [3.05, 3.63) is 78.1 Å². The van der Waals surface area contributed by atoms with Gasteiger partial charge in [-0.1, -0.05) is 6.07 Å². The molecule has 2 aliphatic heterocycles. The molecule has 1 saturated heterocycles. The number of carbonyl (C=O) groups excluding carboxylic acids is 2. The molecule has 0 bridgehead atoms. The highest BCUT2D eigenvalue weighted by Gasteiger charge is 2.37. The van der Waals surface area contributed by atoms with Crippen molar-refractivity contribution < 1.29 is 37.4 Å². The summed E-state index contributed by atoms with van der Waals surface area (Å²) in [7, 11) is -2.84. The molecule has 0 unspecified atom stereocenters. The molecule has 13 nitrogen and oxygen atoms in total.